The zero-order chi connectivity index (χ0) is 5.21. The van der Waals surface area contributed by atoms with Crippen molar-refractivity contribution in [2.24, 2.45) is 0 Å². The fourth-order valence-electron chi connectivity index (χ4n) is 0. The van der Waals surface area contributed by atoms with Gasteiger partial charge in [0.1, 0.15) is 0 Å². The Hall–Kier alpha value is -0.300. The lowest BCUT2D eigenvalue weighted by Gasteiger charge is -1.79. The van der Waals surface area contributed by atoms with Gasteiger partial charge in [0.15, 0.2) is 0 Å². The second-order valence-corrected chi connectivity index (χ2v) is 2.61. The van der Waals surface area contributed by atoms with E-state index in [0.717, 1.165) is 0 Å². The van der Waals surface area contributed by atoms with Crippen molar-refractivity contribution in [2.45, 2.75) is 6.92 Å². The van der Waals surface area contributed by atoms with Crippen LogP contribution in [0.5, 0.6) is 0 Å². The minimum absolute atomic E-state index is 0. The van der Waals surface area contributed by atoms with E-state index in [2.05, 4.69) is 0 Å². The molecule has 0 aliphatic heterocycles. The predicted octanol–water partition coefficient (Wildman–Crippen LogP) is 0.352. The number of halogens is 3. The van der Waals surface area contributed by atoms with E-state index in [4.69, 9.17) is 4.55 Å². The molecular formula is C2H9F3O3S. The average molecular weight is 170 g/mol. The molecule has 0 radical (unpaired) electrons. The Morgan fingerprint density at radius 2 is 1.33 bits per heavy atom. The van der Waals surface area contributed by atoms with Crippen molar-refractivity contribution in [2.75, 3.05) is 5.75 Å². The van der Waals surface area contributed by atoms with Crippen LogP contribution in [0.3, 0.4) is 0 Å². The van der Waals surface area contributed by atoms with Crippen LogP contribution >= 0.6 is 0 Å². The van der Waals surface area contributed by atoms with E-state index in [1.807, 2.05) is 0 Å². The van der Waals surface area contributed by atoms with Gasteiger partial charge in [-0.15, -0.1) is 0 Å². The van der Waals surface area contributed by atoms with Gasteiger partial charge in [-0.2, -0.15) is 8.42 Å². The highest BCUT2D eigenvalue weighted by Crippen LogP contribution is 1.74. The van der Waals surface area contributed by atoms with Gasteiger partial charge in [-0.05, 0) is 6.92 Å². The van der Waals surface area contributed by atoms with Crippen LogP contribution in [0.4, 0.5) is 14.1 Å². The average Bonchev–Trinajstić information content (AvgIpc) is 1.35. The van der Waals surface area contributed by atoms with Gasteiger partial charge in [0.25, 0.3) is 10.1 Å². The van der Waals surface area contributed by atoms with Crippen molar-refractivity contribution < 1.29 is 27.1 Å². The number of rotatable bonds is 1. The standard InChI is InChI=1S/C2H6O3S.3FH/c1-2-6(3,4)5;;;/h2H2,1H3,(H,3,4,5);3*1H. The van der Waals surface area contributed by atoms with Gasteiger partial charge in [-0.1, -0.05) is 0 Å². The minimum atomic E-state index is -3.66. The Balaban J connectivity index is -0.0000000417. The third-order valence-electron chi connectivity index (χ3n) is 0.365. The zero-order valence-electron chi connectivity index (χ0n) is 4.60. The summed E-state index contributed by atoms with van der Waals surface area (Å²) in [5.74, 6) is -0.201. The molecule has 0 saturated carbocycles. The molecule has 0 spiro atoms. The van der Waals surface area contributed by atoms with E-state index in [0.29, 0.717) is 0 Å². The van der Waals surface area contributed by atoms with Gasteiger partial charge in [0.2, 0.25) is 0 Å². The highest BCUT2D eigenvalue weighted by atomic mass is 32.2. The van der Waals surface area contributed by atoms with Crippen LogP contribution in [0.2, 0.25) is 0 Å². The van der Waals surface area contributed by atoms with Crippen molar-refractivity contribution in [3.05, 3.63) is 0 Å². The molecule has 7 heteroatoms. The molecule has 3 nitrogen and oxygen atoms in total. The molecule has 62 valence electrons. The van der Waals surface area contributed by atoms with Crippen LogP contribution < -0.4 is 0 Å². The van der Waals surface area contributed by atoms with Crippen LogP contribution in [0, 0.1) is 0 Å². The van der Waals surface area contributed by atoms with Gasteiger partial charge in [0, 0.05) is 0 Å². The van der Waals surface area contributed by atoms with Crippen LogP contribution in [0.15, 0.2) is 0 Å². The quantitative estimate of drug-likeness (QED) is 0.578. The van der Waals surface area contributed by atoms with E-state index >= 15 is 0 Å². The lowest BCUT2D eigenvalue weighted by atomic mass is 11.0. The molecule has 9 heavy (non-hydrogen) atoms. The van der Waals surface area contributed by atoms with Crippen LogP contribution in [-0.4, -0.2) is 18.7 Å². The Labute approximate surface area is 50.9 Å². The maximum absolute atomic E-state index is 9.56. The Morgan fingerprint density at radius 1 is 1.22 bits per heavy atom. The molecule has 0 rings (SSSR count). The molecule has 0 saturated heterocycles. The molecule has 0 bridgehead atoms. The summed E-state index contributed by atoms with van der Waals surface area (Å²) in [6, 6.07) is 0. The molecule has 1 N–H and O–H groups in total. The second-order valence-electron chi connectivity index (χ2n) is 0.871. The van der Waals surface area contributed by atoms with Crippen molar-refractivity contribution >= 4 is 10.1 Å². The summed E-state index contributed by atoms with van der Waals surface area (Å²) in [5, 5.41) is 0. The first kappa shape index (κ1) is 23.4. The van der Waals surface area contributed by atoms with E-state index in [-0.39, 0.29) is 19.9 Å². The van der Waals surface area contributed by atoms with Crippen LogP contribution in [-0.2, 0) is 10.1 Å². The summed E-state index contributed by atoms with van der Waals surface area (Å²) in [6.45, 7) is 1.37. The monoisotopic (exact) mass is 170 g/mol. The number of hydrogen-bond acceptors (Lipinski definition) is 2. The molecule has 0 aromatic heterocycles. The fourth-order valence-corrected chi connectivity index (χ4v) is 0. The topological polar surface area (TPSA) is 54.4 Å². The zero-order valence-corrected chi connectivity index (χ0v) is 5.42. The van der Waals surface area contributed by atoms with E-state index < -0.39 is 10.1 Å². The fraction of sp³-hybridized carbons (Fsp3) is 1.00. The van der Waals surface area contributed by atoms with E-state index in [9.17, 15) is 8.42 Å². The first-order valence-corrected chi connectivity index (χ1v) is 3.12. The normalized spacial score (nSPS) is 7.78. The van der Waals surface area contributed by atoms with E-state index in [1.165, 1.54) is 6.92 Å². The summed E-state index contributed by atoms with van der Waals surface area (Å²) in [5.41, 5.74) is 0. The highest BCUT2D eigenvalue weighted by molar-refractivity contribution is 7.85. The minimum Gasteiger partial charge on any atom is -0.286 e. The molecule has 0 fully saturated rings. The van der Waals surface area contributed by atoms with Crippen molar-refractivity contribution in [1.29, 1.82) is 0 Å². The van der Waals surface area contributed by atoms with Gasteiger partial charge in [0.05, 0.1) is 5.75 Å². The van der Waals surface area contributed by atoms with Gasteiger partial charge in [-0.25, -0.2) is 0 Å². The molecule has 0 atom stereocenters. The molecule has 0 heterocycles. The molecule has 0 unspecified atom stereocenters. The Kier molecular flexibility index (Phi) is 20.0. The molecule has 0 aromatic carbocycles. The van der Waals surface area contributed by atoms with Crippen molar-refractivity contribution in [3.8, 4) is 0 Å². The lowest BCUT2D eigenvalue weighted by molar-refractivity contribution is 0.484. The Morgan fingerprint density at radius 3 is 1.33 bits per heavy atom. The van der Waals surface area contributed by atoms with Crippen LogP contribution in [0.25, 0.3) is 0 Å². The third kappa shape index (κ3) is 34.3. The van der Waals surface area contributed by atoms with Crippen molar-refractivity contribution in [1.82, 2.24) is 0 Å². The molecule has 0 aliphatic rings. The number of hydrogen-bond donors (Lipinski definition) is 1. The smallest absolute Gasteiger partial charge is 0.264 e. The largest absolute Gasteiger partial charge is 0.286 e. The second kappa shape index (κ2) is 7.70. The summed E-state index contributed by atoms with van der Waals surface area (Å²) in [7, 11) is -3.66. The molecular weight excluding hydrogens is 161 g/mol. The third-order valence-corrected chi connectivity index (χ3v) is 1.09. The Bertz CT molecular complexity index is 119. The first-order chi connectivity index (χ1) is 2.56. The maximum Gasteiger partial charge on any atom is 0.264 e. The molecule has 0 amide bonds. The first-order valence-electron chi connectivity index (χ1n) is 1.51. The van der Waals surface area contributed by atoms with Crippen LogP contribution in [0.1, 0.15) is 6.92 Å². The summed E-state index contributed by atoms with van der Waals surface area (Å²) in [4.78, 5) is 0. The van der Waals surface area contributed by atoms with Gasteiger partial charge < -0.3 is 0 Å². The maximum atomic E-state index is 9.56. The van der Waals surface area contributed by atoms with Gasteiger partial charge >= 0.3 is 0 Å². The van der Waals surface area contributed by atoms with Crippen molar-refractivity contribution in [3.63, 3.8) is 0 Å². The SMILES string of the molecule is CCS(=O)(=O)O.F.F.F. The summed E-state index contributed by atoms with van der Waals surface area (Å²) < 4.78 is 26.9. The predicted molar refractivity (Wildman–Crippen MR) is 29.6 cm³/mol. The summed E-state index contributed by atoms with van der Waals surface area (Å²) >= 11 is 0. The molecule has 0 aliphatic carbocycles. The van der Waals surface area contributed by atoms with Gasteiger partial charge in [-0.3, -0.25) is 18.7 Å². The highest BCUT2D eigenvalue weighted by Gasteiger charge is 1.93. The molecule has 0 aromatic rings. The summed E-state index contributed by atoms with van der Waals surface area (Å²) in [6.07, 6.45) is 0. The lowest BCUT2D eigenvalue weighted by Crippen LogP contribution is -1.97. The van der Waals surface area contributed by atoms with E-state index in [1.54, 1.807) is 0 Å².